The third-order valence-corrected chi connectivity index (χ3v) is 3.47. The summed E-state index contributed by atoms with van der Waals surface area (Å²) in [6.07, 6.45) is 2.13. The van der Waals surface area contributed by atoms with E-state index in [4.69, 9.17) is 0 Å². The van der Waals surface area contributed by atoms with E-state index < -0.39 is 5.97 Å². The Labute approximate surface area is 131 Å². The normalized spacial score (nSPS) is 10.3. The molecule has 4 nitrogen and oxygen atoms in total. The maximum Gasteiger partial charge on any atom is 0.335 e. The van der Waals surface area contributed by atoms with Gasteiger partial charge in [-0.2, -0.15) is 0 Å². The van der Waals surface area contributed by atoms with Crippen LogP contribution in [0.4, 0.5) is 17.1 Å². The molecule has 0 bridgehead atoms. The van der Waals surface area contributed by atoms with Crippen molar-refractivity contribution in [2.45, 2.75) is 26.7 Å². The molecule has 0 saturated heterocycles. The molecule has 4 heteroatoms. The number of carboxylic acid groups (broad SMARTS) is 1. The number of nitrogens with one attached hydrogen (secondary N) is 2. The van der Waals surface area contributed by atoms with Crippen molar-refractivity contribution in [2.24, 2.45) is 0 Å². The van der Waals surface area contributed by atoms with Gasteiger partial charge in [0.05, 0.1) is 16.9 Å². The fourth-order valence-corrected chi connectivity index (χ4v) is 2.28. The molecule has 0 aliphatic heterocycles. The Morgan fingerprint density at radius 2 is 1.91 bits per heavy atom. The highest BCUT2D eigenvalue weighted by Gasteiger charge is 2.12. The molecule has 0 heterocycles. The number of rotatable bonds is 7. The second-order valence-corrected chi connectivity index (χ2v) is 5.29. The molecule has 0 aliphatic rings. The molecule has 2 rings (SSSR count). The average molecular weight is 298 g/mol. The van der Waals surface area contributed by atoms with Crippen LogP contribution in [0, 0.1) is 6.92 Å². The number of hydrogen-bond acceptors (Lipinski definition) is 3. The fraction of sp³-hybridized carbons (Fsp3) is 0.278. The van der Waals surface area contributed by atoms with Gasteiger partial charge in [0.15, 0.2) is 0 Å². The molecule has 3 N–H and O–H groups in total. The van der Waals surface area contributed by atoms with Crippen molar-refractivity contribution in [3.05, 3.63) is 53.6 Å². The van der Waals surface area contributed by atoms with E-state index in [-0.39, 0.29) is 0 Å². The Morgan fingerprint density at radius 1 is 1.18 bits per heavy atom. The van der Waals surface area contributed by atoms with Gasteiger partial charge in [0, 0.05) is 12.2 Å². The number of aromatic carboxylic acids is 1. The van der Waals surface area contributed by atoms with Crippen LogP contribution in [0.1, 0.15) is 35.7 Å². The molecule has 0 fully saturated rings. The first-order valence-corrected chi connectivity index (χ1v) is 7.55. The van der Waals surface area contributed by atoms with Crippen LogP contribution in [0.3, 0.4) is 0 Å². The molecule has 0 aromatic heterocycles. The maximum atomic E-state index is 11.3. The number of benzene rings is 2. The van der Waals surface area contributed by atoms with E-state index in [1.165, 1.54) is 0 Å². The minimum atomic E-state index is -0.909. The summed E-state index contributed by atoms with van der Waals surface area (Å²) in [7, 11) is 0. The summed E-state index contributed by atoms with van der Waals surface area (Å²) in [6.45, 7) is 4.87. The lowest BCUT2D eigenvalue weighted by molar-refractivity contribution is 0.0697. The van der Waals surface area contributed by atoms with E-state index >= 15 is 0 Å². The predicted molar refractivity (Wildman–Crippen MR) is 91.3 cm³/mol. The molecular formula is C18H22N2O2. The summed E-state index contributed by atoms with van der Waals surface area (Å²) in [6, 6.07) is 13.3. The van der Waals surface area contributed by atoms with Crippen molar-refractivity contribution in [1.29, 1.82) is 0 Å². The van der Waals surface area contributed by atoms with E-state index in [1.807, 2.05) is 37.3 Å². The van der Waals surface area contributed by atoms with E-state index in [9.17, 15) is 9.90 Å². The molecule has 0 radical (unpaired) electrons. The summed E-state index contributed by atoms with van der Waals surface area (Å²) in [5, 5.41) is 16.0. The summed E-state index contributed by atoms with van der Waals surface area (Å²) in [4.78, 5) is 11.3. The monoisotopic (exact) mass is 298 g/mol. The Kier molecular flexibility index (Phi) is 5.42. The van der Waals surface area contributed by atoms with E-state index in [0.29, 0.717) is 5.56 Å². The number of carboxylic acids is 1. The number of hydrogen-bond donors (Lipinski definition) is 3. The van der Waals surface area contributed by atoms with Crippen LogP contribution in [0.2, 0.25) is 0 Å². The lowest BCUT2D eigenvalue weighted by Gasteiger charge is -2.17. The van der Waals surface area contributed by atoms with E-state index in [2.05, 4.69) is 17.6 Å². The number of carbonyl (C=O) groups is 1. The number of aryl methyl sites for hydroxylation is 1. The summed E-state index contributed by atoms with van der Waals surface area (Å²) in [5.74, 6) is -0.909. The zero-order valence-electron chi connectivity index (χ0n) is 13.0. The highest BCUT2D eigenvalue weighted by atomic mass is 16.4. The number of unbranched alkanes of at least 4 members (excludes halogenated alkanes) is 1. The van der Waals surface area contributed by atoms with Crippen molar-refractivity contribution in [1.82, 2.24) is 0 Å². The molecule has 22 heavy (non-hydrogen) atoms. The van der Waals surface area contributed by atoms with Gasteiger partial charge in [0.25, 0.3) is 0 Å². The van der Waals surface area contributed by atoms with Gasteiger partial charge in [-0.05, 0) is 43.2 Å². The van der Waals surface area contributed by atoms with Gasteiger partial charge in [-0.3, -0.25) is 0 Å². The Bertz CT molecular complexity index is 639. The molecule has 0 spiro atoms. The summed E-state index contributed by atoms with van der Waals surface area (Å²) >= 11 is 0. The van der Waals surface area contributed by atoms with Crippen molar-refractivity contribution < 1.29 is 9.90 Å². The standard InChI is InChI=1S/C18H22N2O2/c1-3-4-10-19-16-12-14(18(21)22)11-13(2)17(16)20-15-8-6-5-7-9-15/h5-9,11-12,19-20H,3-4,10H2,1-2H3,(H,21,22). The third kappa shape index (κ3) is 4.01. The third-order valence-electron chi connectivity index (χ3n) is 3.47. The second kappa shape index (κ2) is 7.50. The summed E-state index contributed by atoms with van der Waals surface area (Å²) < 4.78 is 0. The van der Waals surface area contributed by atoms with Crippen LogP contribution in [-0.2, 0) is 0 Å². The first kappa shape index (κ1) is 15.9. The van der Waals surface area contributed by atoms with Crippen LogP contribution >= 0.6 is 0 Å². The molecule has 0 aliphatic carbocycles. The van der Waals surface area contributed by atoms with Crippen LogP contribution in [0.15, 0.2) is 42.5 Å². The molecule has 0 saturated carbocycles. The van der Waals surface area contributed by atoms with Gasteiger partial charge in [0.2, 0.25) is 0 Å². The maximum absolute atomic E-state index is 11.3. The van der Waals surface area contributed by atoms with Crippen molar-refractivity contribution in [3.63, 3.8) is 0 Å². The zero-order valence-corrected chi connectivity index (χ0v) is 13.0. The van der Waals surface area contributed by atoms with Gasteiger partial charge < -0.3 is 15.7 Å². The second-order valence-electron chi connectivity index (χ2n) is 5.29. The Balaban J connectivity index is 2.34. The lowest BCUT2D eigenvalue weighted by atomic mass is 10.1. The van der Waals surface area contributed by atoms with Gasteiger partial charge in [-0.15, -0.1) is 0 Å². The van der Waals surface area contributed by atoms with Crippen molar-refractivity contribution in [2.75, 3.05) is 17.2 Å². The number of anilines is 3. The van der Waals surface area contributed by atoms with Crippen molar-refractivity contribution >= 4 is 23.0 Å². The number of para-hydroxylation sites is 1. The minimum absolute atomic E-state index is 0.301. The Hall–Kier alpha value is -2.49. The van der Waals surface area contributed by atoms with Gasteiger partial charge in [-0.1, -0.05) is 31.5 Å². The Morgan fingerprint density at radius 3 is 2.55 bits per heavy atom. The van der Waals surface area contributed by atoms with Gasteiger partial charge >= 0.3 is 5.97 Å². The van der Waals surface area contributed by atoms with Crippen LogP contribution in [0.5, 0.6) is 0 Å². The first-order valence-electron chi connectivity index (χ1n) is 7.55. The van der Waals surface area contributed by atoms with Crippen LogP contribution < -0.4 is 10.6 Å². The highest BCUT2D eigenvalue weighted by Crippen LogP contribution is 2.31. The largest absolute Gasteiger partial charge is 0.478 e. The molecule has 2 aromatic carbocycles. The fourth-order valence-electron chi connectivity index (χ4n) is 2.28. The average Bonchev–Trinajstić information content (AvgIpc) is 2.51. The highest BCUT2D eigenvalue weighted by molar-refractivity contribution is 5.92. The smallest absolute Gasteiger partial charge is 0.335 e. The van der Waals surface area contributed by atoms with Gasteiger partial charge in [-0.25, -0.2) is 4.79 Å². The molecule has 116 valence electrons. The lowest BCUT2D eigenvalue weighted by Crippen LogP contribution is -2.08. The van der Waals surface area contributed by atoms with Crippen molar-refractivity contribution in [3.8, 4) is 0 Å². The zero-order chi connectivity index (χ0) is 15.9. The molecule has 0 atom stereocenters. The molecule has 0 amide bonds. The SMILES string of the molecule is CCCCNc1cc(C(=O)O)cc(C)c1Nc1ccccc1. The quantitative estimate of drug-likeness (QED) is 0.651. The van der Waals surface area contributed by atoms with Crippen LogP contribution in [-0.4, -0.2) is 17.6 Å². The van der Waals surface area contributed by atoms with Gasteiger partial charge in [0.1, 0.15) is 0 Å². The molecule has 2 aromatic rings. The van der Waals surface area contributed by atoms with E-state index in [1.54, 1.807) is 12.1 Å². The predicted octanol–water partition coefficient (Wildman–Crippen LogP) is 4.65. The summed E-state index contributed by atoms with van der Waals surface area (Å²) in [5.41, 5.74) is 3.94. The molecular weight excluding hydrogens is 276 g/mol. The first-order chi connectivity index (χ1) is 10.6. The molecule has 0 unspecified atom stereocenters. The minimum Gasteiger partial charge on any atom is -0.478 e. The van der Waals surface area contributed by atoms with E-state index in [0.717, 1.165) is 42.0 Å². The van der Waals surface area contributed by atoms with Crippen LogP contribution in [0.25, 0.3) is 0 Å². The topological polar surface area (TPSA) is 61.4 Å².